The lowest BCUT2D eigenvalue weighted by Crippen LogP contribution is -2.35. The number of nitrogens with one attached hydrogen (secondary N) is 1. The van der Waals surface area contributed by atoms with Gasteiger partial charge in [0.15, 0.2) is 0 Å². The zero-order valence-electron chi connectivity index (χ0n) is 12.4. The number of fused-ring (bicyclic) bond motifs is 1. The van der Waals surface area contributed by atoms with E-state index in [0.717, 1.165) is 36.2 Å². The number of methoxy groups -OCH3 is 1. The van der Waals surface area contributed by atoms with Crippen molar-refractivity contribution in [1.82, 2.24) is 10.3 Å². The molecule has 1 aromatic carbocycles. The first-order valence-electron chi connectivity index (χ1n) is 7.15. The molecule has 1 heterocycles. The van der Waals surface area contributed by atoms with Gasteiger partial charge in [-0.15, -0.1) is 0 Å². The van der Waals surface area contributed by atoms with Crippen LogP contribution in [0.3, 0.4) is 0 Å². The van der Waals surface area contributed by atoms with E-state index in [9.17, 15) is 0 Å². The predicted molar refractivity (Wildman–Crippen MR) is 86.2 cm³/mol. The van der Waals surface area contributed by atoms with Crippen LogP contribution < -0.4 is 10.1 Å². The molecule has 21 heavy (non-hydrogen) atoms. The molecule has 4 nitrogen and oxygen atoms in total. The highest BCUT2D eigenvalue weighted by atomic mass is 35.5. The van der Waals surface area contributed by atoms with Crippen molar-refractivity contribution in [3.05, 3.63) is 35.5 Å². The van der Waals surface area contributed by atoms with Gasteiger partial charge in [-0.2, -0.15) is 0 Å². The number of hydrogen-bond donors (Lipinski definition) is 1. The van der Waals surface area contributed by atoms with Crippen molar-refractivity contribution in [3.63, 3.8) is 0 Å². The Morgan fingerprint density at radius 1 is 1.33 bits per heavy atom. The smallest absolute Gasteiger partial charge is 0.146 e. The number of aromatic nitrogens is 1. The number of ether oxygens (including phenoxy) is 2. The van der Waals surface area contributed by atoms with Crippen LogP contribution in [0.4, 0.5) is 0 Å². The largest absolute Gasteiger partial charge is 0.484 e. The summed E-state index contributed by atoms with van der Waals surface area (Å²) in [6, 6.07) is 7.51. The minimum Gasteiger partial charge on any atom is -0.484 e. The van der Waals surface area contributed by atoms with Crippen LogP contribution in [0.5, 0.6) is 5.75 Å². The van der Waals surface area contributed by atoms with E-state index < -0.39 is 0 Å². The molecule has 1 aromatic heterocycles. The van der Waals surface area contributed by atoms with Gasteiger partial charge in [0.2, 0.25) is 0 Å². The standard InChI is InChI=1S/C16H21ClN2O2/c1-3-8-18-10-12(11-20-2)21-15-7-6-14(17)13-5-4-9-19-16(13)15/h4-7,9,12,18H,3,8,10-11H2,1-2H3. The number of hydrogen-bond acceptors (Lipinski definition) is 4. The summed E-state index contributed by atoms with van der Waals surface area (Å²) in [5, 5.41) is 4.92. The van der Waals surface area contributed by atoms with Gasteiger partial charge in [0, 0.05) is 25.2 Å². The second-order valence-electron chi connectivity index (χ2n) is 4.84. The molecule has 0 aliphatic carbocycles. The fourth-order valence-electron chi connectivity index (χ4n) is 2.15. The zero-order chi connectivity index (χ0) is 15.1. The van der Waals surface area contributed by atoms with Gasteiger partial charge in [0.25, 0.3) is 0 Å². The molecular formula is C16H21ClN2O2. The molecule has 1 N–H and O–H groups in total. The first-order chi connectivity index (χ1) is 10.3. The van der Waals surface area contributed by atoms with Gasteiger partial charge in [0.05, 0.1) is 11.6 Å². The van der Waals surface area contributed by atoms with Gasteiger partial charge in [0.1, 0.15) is 17.4 Å². The van der Waals surface area contributed by atoms with E-state index in [0.29, 0.717) is 11.6 Å². The summed E-state index contributed by atoms with van der Waals surface area (Å²) in [4.78, 5) is 4.38. The number of halogens is 1. The van der Waals surface area contributed by atoms with Crippen molar-refractivity contribution < 1.29 is 9.47 Å². The Bertz CT molecular complexity index is 577. The summed E-state index contributed by atoms with van der Waals surface area (Å²) in [7, 11) is 1.67. The SMILES string of the molecule is CCCNCC(COC)Oc1ccc(Cl)c2cccnc12. The van der Waals surface area contributed by atoms with Gasteiger partial charge < -0.3 is 14.8 Å². The summed E-state index contributed by atoms with van der Waals surface area (Å²) in [5.41, 5.74) is 0.779. The summed E-state index contributed by atoms with van der Waals surface area (Å²) in [5.74, 6) is 0.732. The first-order valence-corrected chi connectivity index (χ1v) is 7.53. The fourth-order valence-corrected chi connectivity index (χ4v) is 2.36. The number of pyridine rings is 1. The van der Waals surface area contributed by atoms with Crippen molar-refractivity contribution in [2.24, 2.45) is 0 Å². The van der Waals surface area contributed by atoms with Gasteiger partial charge in [-0.25, -0.2) is 0 Å². The maximum Gasteiger partial charge on any atom is 0.146 e. The van der Waals surface area contributed by atoms with Crippen LogP contribution >= 0.6 is 11.6 Å². The van der Waals surface area contributed by atoms with E-state index >= 15 is 0 Å². The molecule has 2 aromatic rings. The molecule has 0 amide bonds. The highest BCUT2D eigenvalue weighted by molar-refractivity contribution is 6.35. The number of rotatable bonds is 8. The summed E-state index contributed by atoms with van der Waals surface area (Å²) in [6.07, 6.45) is 2.77. The van der Waals surface area contributed by atoms with Crippen LogP contribution in [0.25, 0.3) is 10.9 Å². The minimum absolute atomic E-state index is 0.0621. The van der Waals surface area contributed by atoms with Gasteiger partial charge in [-0.05, 0) is 37.2 Å². The molecule has 114 valence electrons. The molecule has 0 fully saturated rings. The zero-order valence-corrected chi connectivity index (χ0v) is 13.2. The van der Waals surface area contributed by atoms with Crippen LogP contribution in [0.1, 0.15) is 13.3 Å². The third-order valence-corrected chi connectivity index (χ3v) is 3.45. The van der Waals surface area contributed by atoms with Crippen LogP contribution in [-0.2, 0) is 4.74 Å². The van der Waals surface area contributed by atoms with Crippen LogP contribution in [-0.4, -0.2) is 37.9 Å². The lowest BCUT2D eigenvalue weighted by atomic mass is 10.2. The molecule has 2 rings (SSSR count). The fraction of sp³-hybridized carbons (Fsp3) is 0.438. The van der Waals surface area contributed by atoms with Gasteiger partial charge in [-0.3, -0.25) is 4.98 Å². The average Bonchev–Trinajstić information content (AvgIpc) is 2.51. The Morgan fingerprint density at radius 3 is 2.95 bits per heavy atom. The Kier molecular flexibility index (Phi) is 6.23. The average molecular weight is 309 g/mol. The topological polar surface area (TPSA) is 43.4 Å². The van der Waals surface area contributed by atoms with E-state index in [1.807, 2.05) is 24.3 Å². The molecule has 0 aliphatic rings. The summed E-state index contributed by atoms with van der Waals surface area (Å²) in [6.45, 7) is 4.35. The van der Waals surface area contributed by atoms with E-state index in [1.54, 1.807) is 13.3 Å². The Hall–Kier alpha value is -1.36. The quantitative estimate of drug-likeness (QED) is 0.760. The van der Waals surface area contributed by atoms with Crippen molar-refractivity contribution in [1.29, 1.82) is 0 Å². The normalized spacial score (nSPS) is 12.5. The molecule has 5 heteroatoms. The molecule has 1 unspecified atom stereocenters. The Labute approximate surface area is 130 Å². The van der Waals surface area contributed by atoms with Crippen LogP contribution in [0.15, 0.2) is 30.5 Å². The molecule has 0 saturated heterocycles. The number of benzene rings is 1. The van der Waals surface area contributed by atoms with Crippen molar-refractivity contribution in [2.45, 2.75) is 19.4 Å². The molecular weight excluding hydrogens is 288 g/mol. The van der Waals surface area contributed by atoms with E-state index in [4.69, 9.17) is 21.1 Å². The second-order valence-corrected chi connectivity index (χ2v) is 5.25. The molecule has 1 atom stereocenters. The molecule has 0 radical (unpaired) electrons. The monoisotopic (exact) mass is 308 g/mol. The Balaban J connectivity index is 2.18. The number of nitrogens with zero attached hydrogens (tertiary/aromatic N) is 1. The molecule has 0 aliphatic heterocycles. The van der Waals surface area contributed by atoms with E-state index in [2.05, 4.69) is 17.2 Å². The maximum absolute atomic E-state index is 6.20. The second kappa shape index (κ2) is 8.17. The molecule has 0 saturated carbocycles. The van der Waals surface area contributed by atoms with Crippen molar-refractivity contribution in [2.75, 3.05) is 26.8 Å². The lowest BCUT2D eigenvalue weighted by molar-refractivity contribution is 0.0816. The Morgan fingerprint density at radius 2 is 2.19 bits per heavy atom. The van der Waals surface area contributed by atoms with Crippen LogP contribution in [0.2, 0.25) is 5.02 Å². The van der Waals surface area contributed by atoms with Crippen molar-refractivity contribution in [3.8, 4) is 5.75 Å². The molecule has 0 bridgehead atoms. The predicted octanol–water partition coefficient (Wildman–Crippen LogP) is 3.28. The summed E-state index contributed by atoms with van der Waals surface area (Å²) >= 11 is 6.20. The van der Waals surface area contributed by atoms with Crippen molar-refractivity contribution >= 4 is 22.5 Å². The first kappa shape index (κ1) is 16.0. The third-order valence-electron chi connectivity index (χ3n) is 3.12. The van der Waals surface area contributed by atoms with Crippen LogP contribution in [0, 0.1) is 0 Å². The van der Waals surface area contributed by atoms with E-state index in [1.165, 1.54) is 0 Å². The van der Waals surface area contributed by atoms with Gasteiger partial charge >= 0.3 is 0 Å². The highest BCUT2D eigenvalue weighted by Crippen LogP contribution is 2.30. The third kappa shape index (κ3) is 4.30. The minimum atomic E-state index is -0.0621. The van der Waals surface area contributed by atoms with Gasteiger partial charge in [-0.1, -0.05) is 18.5 Å². The summed E-state index contributed by atoms with van der Waals surface area (Å²) < 4.78 is 11.3. The van der Waals surface area contributed by atoms with E-state index in [-0.39, 0.29) is 6.10 Å². The molecule has 0 spiro atoms. The lowest BCUT2D eigenvalue weighted by Gasteiger charge is -2.20. The maximum atomic E-state index is 6.20. The highest BCUT2D eigenvalue weighted by Gasteiger charge is 2.13.